The Hall–Kier alpha value is -0.620. The van der Waals surface area contributed by atoms with E-state index in [0.717, 1.165) is 3.57 Å². The van der Waals surface area contributed by atoms with Gasteiger partial charge in [0.05, 0.1) is 5.56 Å². The molecule has 0 heterocycles. The van der Waals surface area contributed by atoms with Gasteiger partial charge in [-0.1, -0.05) is 12.1 Å². The van der Waals surface area contributed by atoms with E-state index in [9.17, 15) is 4.79 Å². The van der Waals surface area contributed by atoms with E-state index >= 15 is 0 Å². The summed E-state index contributed by atoms with van der Waals surface area (Å²) in [6.07, 6.45) is 0. The maximum atomic E-state index is 11.7. The van der Waals surface area contributed by atoms with Crippen LogP contribution < -0.4 is 11.1 Å². The van der Waals surface area contributed by atoms with Crippen LogP contribution in [-0.2, 0) is 0 Å². The second-order valence-electron chi connectivity index (χ2n) is 3.09. The van der Waals surface area contributed by atoms with Gasteiger partial charge in [0.2, 0.25) is 0 Å². The van der Waals surface area contributed by atoms with E-state index < -0.39 is 0 Å². The topological polar surface area (TPSA) is 55.1 Å². The lowest BCUT2D eigenvalue weighted by Gasteiger charge is -2.11. The Morgan fingerprint density at radius 3 is 2.79 bits per heavy atom. The fourth-order valence-electron chi connectivity index (χ4n) is 1.01. The van der Waals surface area contributed by atoms with E-state index in [2.05, 4.69) is 27.9 Å². The van der Waals surface area contributed by atoms with Crippen molar-refractivity contribution in [2.75, 3.05) is 6.54 Å². The van der Waals surface area contributed by atoms with Crippen LogP contribution in [0, 0.1) is 3.57 Å². The minimum Gasteiger partial charge on any atom is -0.348 e. The molecule has 14 heavy (non-hydrogen) atoms. The Labute approximate surface area is 97.2 Å². The quantitative estimate of drug-likeness (QED) is 0.829. The van der Waals surface area contributed by atoms with E-state index in [1.807, 2.05) is 25.1 Å². The van der Waals surface area contributed by atoms with E-state index in [-0.39, 0.29) is 11.9 Å². The van der Waals surface area contributed by atoms with Gasteiger partial charge in [-0.25, -0.2) is 0 Å². The van der Waals surface area contributed by atoms with Crippen molar-refractivity contribution in [2.45, 2.75) is 13.0 Å². The lowest BCUT2D eigenvalue weighted by Crippen LogP contribution is -2.38. The normalized spacial score (nSPS) is 12.2. The molecule has 0 aliphatic carbocycles. The largest absolute Gasteiger partial charge is 0.348 e. The molecule has 1 amide bonds. The molecule has 0 saturated carbocycles. The predicted octanol–water partition coefficient (Wildman–Crippen LogP) is 1.37. The average Bonchev–Trinajstić information content (AvgIpc) is 2.18. The van der Waals surface area contributed by atoms with Gasteiger partial charge in [0.1, 0.15) is 0 Å². The van der Waals surface area contributed by atoms with Crippen molar-refractivity contribution in [2.24, 2.45) is 5.73 Å². The molecule has 1 aromatic carbocycles. The molecule has 0 spiro atoms. The zero-order valence-corrected chi connectivity index (χ0v) is 10.1. The van der Waals surface area contributed by atoms with E-state index in [1.165, 1.54) is 0 Å². The molecule has 0 radical (unpaired) electrons. The molecule has 1 atom stereocenters. The third-order valence-electron chi connectivity index (χ3n) is 1.85. The highest BCUT2D eigenvalue weighted by Gasteiger charge is 2.10. The van der Waals surface area contributed by atoms with Gasteiger partial charge in [-0.05, 0) is 41.6 Å². The number of nitrogens with two attached hydrogens (primary N) is 1. The van der Waals surface area contributed by atoms with Gasteiger partial charge in [-0.3, -0.25) is 4.79 Å². The van der Waals surface area contributed by atoms with Gasteiger partial charge < -0.3 is 11.1 Å². The first-order chi connectivity index (χ1) is 6.65. The van der Waals surface area contributed by atoms with Crippen LogP contribution in [0.3, 0.4) is 0 Å². The summed E-state index contributed by atoms with van der Waals surface area (Å²) in [5.41, 5.74) is 6.12. The van der Waals surface area contributed by atoms with Crippen molar-refractivity contribution < 1.29 is 4.79 Å². The SMILES string of the molecule is C[C@H](CN)NC(=O)c1ccccc1I. The lowest BCUT2D eigenvalue weighted by atomic mass is 10.2. The monoisotopic (exact) mass is 304 g/mol. The number of halogens is 1. The highest BCUT2D eigenvalue weighted by Crippen LogP contribution is 2.11. The van der Waals surface area contributed by atoms with E-state index in [1.54, 1.807) is 6.07 Å². The van der Waals surface area contributed by atoms with Crippen LogP contribution in [0.1, 0.15) is 17.3 Å². The second kappa shape index (κ2) is 5.31. The van der Waals surface area contributed by atoms with Crippen molar-refractivity contribution in [3.63, 3.8) is 0 Å². The molecule has 0 fully saturated rings. The van der Waals surface area contributed by atoms with Crippen LogP contribution in [0.4, 0.5) is 0 Å². The predicted molar refractivity (Wildman–Crippen MR) is 65.1 cm³/mol. The molecule has 0 aliphatic heterocycles. The summed E-state index contributed by atoms with van der Waals surface area (Å²) in [4.78, 5) is 11.7. The number of hydrogen-bond acceptors (Lipinski definition) is 2. The highest BCUT2D eigenvalue weighted by atomic mass is 127. The average molecular weight is 304 g/mol. The Balaban J connectivity index is 2.75. The number of carbonyl (C=O) groups excluding carboxylic acids is 1. The van der Waals surface area contributed by atoms with Crippen LogP contribution >= 0.6 is 22.6 Å². The second-order valence-corrected chi connectivity index (χ2v) is 4.25. The van der Waals surface area contributed by atoms with Gasteiger partial charge >= 0.3 is 0 Å². The molecule has 3 nitrogen and oxygen atoms in total. The van der Waals surface area contributed by atoms with Crippen molar-refractivity contribution in [1.29, 1.82) is 0 Å². The van der Waals surface area contributed by atoms with Crippen molar-refractivity contribution in [1.82, 2.24) is 5.32 Å². The first-order valence-corrected chi connectivity index (χ1v) is 5.48. The molecule has 0 saturated heterocycles. The maximum absolute atomic E-state index is 11.7. The van der Waals surface area contributed by atoms with Gasteiger partial charge in [0.25, 0.3) is 5.91 Å². The lowest BCUT2D eigenvalue weighted by molar-refractivity contribution is 0.0940. The first kappa shape index (κ1) is 11.5. The van der Waals surface area contributed by atoms with Gasteiger partial charge in [0.15, 0.2) is 0 Å². The number of carbonyl (C=O) groups is 1. The Kier molecular flexibility index (Phi) is 4.34. The molecule has 1 rings (SSSR count). The first-order valence-electron chi connectivity index (χ1n) is 4.40. The van der Waals surface area contributed by atoms with Crippen molar-refractivity contribution >= 4 is 28.5 Å². The van der Waals surface area contributed by atoms with Crippen LogP contribution in [0.5, 0.6) is 0 Å². The zero-order chi connectivity index (χ0) is 10.6. The molecule has 0 aromatic heterocycles. The van der Waals surface area contributed by atoms with E-state index in [0.29, 0.717) is 12.1 Å². The van der Waals surface area contributed by atoms with Crippen LogP contribution in [0.15, 0.2) is 24.3 Å². The summed E-state index contributed by atoms with van der Waals surface area (Å²) < 4.78 is 0.951. The summed E-state index contributed by atoms with van der Waals surface area (Å²) in [6.45, 7) is 2.34. The number of rotatable bonds is 3. The molecular formula is C10H13IN2O. The Morgan fingerprint density at radius 1 is 1.57 bits per heavy atom. The maximum Gasteiger partial charge on any atom is 0.252 e. The summed E-state index contributed by atoms with van der Waals surface area (Å²) in [6, 6.07) is 7.48. The standard InChI is InChI=1S/C10H13IN2O/c1-7(6-12)13-10(14)8-4-2-3-5-9(8)11/h2-5,7H,6,12H2,1H3,(H,13,14)/t7-/m1/s1. The smallest absolute Gasteiger partial charge is 0.252 e. The fourth-order valence-corrected chi connectivity index (χ4v) is 1.64. The van der Waals surface area contributed by atoms with Crippen molar-refractivity contribution in [3.8, 4) is 0 Å². The van der Waals surface area contributed by atoms with Gasteiger partial charge in [-0.2, -0.15) is 0 Å². The summed E-state index contributed by atoms with van der Waals surface area (Å²) in [5, 5.41) is 2.82. The third kappa shape index (κ3) is 2.95. The molecule has 0 aliphatic rings. The summed E-state index contributed by atoms with van der Waals surface area (Å²) >= 11 is 2.14. The molecule has 1 aromatic rings. The Morgan fingerprint density at radius 2 is 2.21 bits per heavy atom. The van der Waals surface area contributed by atoms with E-state index in [4.69, 9.17) is 5.73 Å². The fraction of sp³-hybridized carbons (Fsp3) is 0.300. The molecular weight excluding hydrogens is 291 g/mol. The number of benzene rings is 1. The van der Waals surface area contributed by atoms with Crippen LogP contribution in [0.2, 0.25) is 0 Å². The third-order valence-corrected chi connectivity index (χ3v) is 2.79. The molecule has 0 unspecified atom stereocenters. The van der Waals surface area contributed by atoms with Crippen LogP contribution in [0.25, 0.3) is 0 Å². The minimum atomic E-state index is -0.0621. The molecule has 3 N–H and O–H groups in total. The number of amides is 1. The molecule has 0 bridgehead atoms. The zero-order valence-electron chi connectivity index (χ0n) is 7.96. The van der Waals surface area contributed by atoms with Gasteiger partial charge in [0, 0.05) is 16.2 Å². The van der Waals surface area contributed by atoms with Crippen LogP contribution in [-0.4, -0.2) is 18.5 Å². The minimum absolute atomic E-state index is 0.0125. The number of hydrogen-bond donors (Lipinski definition) is 2. The summed E-state index contributed by atoms with van der Waals surface area (Å²) in [5.74, 6) is -0.0621. The molecule has 76 valence electrons. The van der Waals surface area contributed by atoms with Crippen molar-refractivity contribution in [3.05, 3.63) is 33.4 Å². The highest BCUT2D eigenvalue weighted by molar-refractivity contribution is 14.1. The Bertz CT molecular complexity index is 328. The summed E-state index contributed by atoms with van der Waals surface area (Å²) in [7, 11) is 0. The molecule has 4 heteroatoms. The van der Waals surface area contributed by atoms with Gasteiger partial charge in [-0.15, -0.1) is 0 Å². The number of nitrogens with one attached hydrogen (secondary N) is 1.